The molecular weight excluding hydrogens is 659 g/mol. The van der Waals surface area contributed by atoms with E-state index in [-0.39, 0.29) is 4.90 Å². The lowest BCUT2D eigenvalue weighted by Gasteiger charge is -2.32. The van der Waals surface area contributed by atoms with Gasteiger partial charge in [-0.3, -0.25) is 0 Å². The number of anilines is 1. The summed E-state index contributed by atoms with van der Waals surface area (Å²) in [7, 11) is -4.00. The Labute approximate surface area is 302 Å². The minimum Gasteiger partial charge on any atom is -0.309 e. The Morgan fingerprint density at radius 3 is 2.02 bits per heavy atom. The van der Waals surface area contributed by atoms with Crippen LogP contribution in [-0.4, -0.2) is 18.7 Å². The average molecular weight is 690 g/mol. The Kier molecular flexibility index (Phi) is 6.88. The van der Waals surface area contributed by atoms with Crippen LogP contribution in [0.4, 0.5) is 5.69 Å². The number of benzene rings is 7. The molecule has 0 atom stereocenters. The number of aliphatic imine (C=N–C) groups is 1. The smallest absolute Gasteiger partial charge is 0.270 e. The van der Waals surface area contributed by atoms with Gasteiger partial charge < -0.3 is 4.57 Å². The van der Waals surface area contributed by atoms with E-state index in [9.17, 15) is 8.42 Å². The number of fused-ring (bicyclic) bond motifs is 7. The molecule has 8 aromatic rings. The van der Waals surface area contributed by atoms with E-state index in [1.165, 1.54) is 9.69 Å². The molecule has 0 bridgehead atoms. The van der Waals surface area contributed by atoms with Gasteiger partial charge in [-0.2, -0.15) is 0 Å². The van der Waals surface area contributed by atoms with Crippen molar-refractivity contribution in [3.63, 3.8) is 0 Å². The molecular formula is C46H31N3O2S. The lowest BCUT2D eigenvalue weighted by Crippen LogP contribution is -2.33. The molecule has 10 rings (SSSR count). The number of rotatable bonds is 4. The summed E-state index contributed by atoms with van der Waals surface area (Å²) in [4.78, 5) is 5.44. The molecule has 0 unspecified atom stereocenters. The van der Waals surface area contributed by atoms with Crippen molar-refractivity contribution in [3.8, 4) is 27.9 Å². The van der Waals surface area contributed by atoms with E-state index in [0.29, 0.717) is 23.5 Å². The number of sulfonamides is 1. The average Bonchev–Trinajstić information content (AvgIpc) is 3.40. The zero-order valence-corrected chi connectivity index (χ0v) is 28.8. The Morgan fingerprint density at radius 1 is 0.519 bits per heavy atom. The number of allylic oxidation sites excluding steroid dienone is 1. The lowest BCUT2D eigenvalue weighted by molar-refractivity contribution is 0.594. The first-order valence-electron chi connectivity index (χ1n) is 17.4. The maximum Gasteiger partial charge on any atom is 0.270 e. The standard InChI is InChI=1S/C46H31N3O2S/c50-52(51)44-22-12-10-20-38(44)40-30-34(33-23-26-42-39(29-33)37-19-9-11-21-41(37)48(42)35-16-5-2-6-17-35)24-27-43(40)49(52)45-28-25-31-13-7-8-18-36(31)46(47-45)32-14-3-1-4-15-32/h1-24,26-30H,25H2. The molecule has 52 heavy (non-hydrogen) atoms. The van der Waals surface area contributed by atoms with E-state index in [1.807, 2.05) is 78.9 Å². The molecule has 0 fully saturated rings. The van der Waals surface area contributed by atoms with Crippen LogP contribution >= 0.6 is 0 Å². The topological polar surface area (TPSA) is 54.7 Å². The van der Waals surface area contributed by atoms with Crippen molar-refractivity contribution in [3.05, 3.63) is 198 Å². The second-order valence-electron chi connectivity index (χ2n) is 13.2. The van der Waals surface area contributed by atoms with Crippen LogP contribution in [-0.2, 0) is 16.4 Å². The Morgan fingerprint density at radius 2 is 1.17 bits per heavy atom. The van der Waals surface area contributed by atoms with Gasteiger partial charge in [-0.25, -0.2) is 17.7 Å². The molecule has 0 radical (unpaired) electrons. The molecule has 0 amide bonds. The Bertz CT molecular complexity index is 2890. The summed E-state index contributed by atoms with van der Waals surface area (Å²) in [6.45, 7) is 0. The van der Waals surface area contributed by atoms with Crippen LogP contribution in [0.3, 0.4) is 0 Å². The monoisotopic (exact) mass is 689 g/mol. The summed E-state index contributed by atoms with van der Waals surface area (Å²) in [5.41, 5.74) is 11.3. The van der Waals surface area contributed by atoms with Crippen molar-refractivity contribution in [1.29, 1.82) is 0 Å². The van der Waals surface area contributed by atoms with Gasteiger partial charge in [-0.15, -0.1) is 0 Å². The minimum absolute atomic E-state index is 0.264. The van der Waals surface area contributed by atoms with E-state index in [1.54, 1.807) is 12.1 Å². The van der Waals surface area contributed by atoms with E-state index >= 15 is 0 Å². The highest BCUT2D eigenvalue weighted by Crippen LogP contribution is 2.47. The molecule has 0 spiro atoms. The van der Waals surface area contributed by atoms with Crippen molar-refractivity contribution in [1.82, 2.24) is 4.57 Å². The summed E-state index contributed by atoms with van der Waals surface area (Å²) >= 11 is 0. The first-order chi connectivity index (χ1) is 25.6. The molecule has 7 aromatic carbocycles. The SMILES string of the molecule is O=S1(=O)c2ccccc2-c2cc(-c3ccc4c(c3)c3ccccc3n4-c3ccccc3)ccc2N1C1=CCc2ccccc2C(c2ccccc2)=N1. The Hall–Kier alpha value is -6.50. The molecule has 0 saturated carbocycles. The lowest BCUT2D eigenvalue weighted by atomic mass is 9.96. The number of hydrogen-bond donors (Lipinski definition) is 0. The first-order valence-corrected chi connectivity index (χ1v) is 18.8. The third-order valence-corrected chi connectivity index (χ3v) is 12.0. The van der Waals surface area contributed by atoms with Gasteiger partial charge in [0.25, 0.3) is 10.0 Å². The summed E-state index contributed by atoms with van der Waals surface area (Å²) in [5, 5.41) is 2.34. The second kappa shape index (κ2) is 11.8. The highest BCUT2D eigenvalue weighted by atomic mass is 32.2. The fraction of sp³-hybridized carbons (Fsp3) is 0.0217. The number of aromatic nitrogens is 1. The zero-order valence-electron chi connectivity index (χ0n) is 28.0. The summed E-state index contributed by atoms with van der Waals surface area (Å²) in [5.74, 6) is 0.383. The Balaban J connectivity index is 1.16. The summed E-state index contributed by atoms with van der Waals surface area (Å²) in [6, 6.07) is 57.1. The molecule has 5 nitrogen and oxygen atoms in total. The molecule has 0 N–H and O–H groups in total. The highest BCUT2D eigenvalue weighted by molar-refractivity contribution is 7.93. The van der Waals surface area contributed by atoms with E-state index in [0.717, 1.165) is 61.2 Å². The summed E-state index contributed by atoms with van der Waals surface area (Å²) in [6.07, 6.45) is 2.48. The van der Waals surface area contributed by atoms with Gasteiger partial charge in [-0.1, -0.05) is 121 Å². The van der Waals surface area contributed by atoms with E-state index in [2.05, 4.69) is 89.5 Å². The van der Waals surface area contributed by atoms with Gasteiger partial charge in [0.1, 0.15) is 5.82 Å². The molecule has 0 saturated heterocycles. The minimum atomic E-state index is -4.00. The van der Waals surface area contributed by atoms with Crippen molar-refractivity contribution in [2.75, 3.05) is 4.31 Å². The van der Waals surface area contributed by atoms with Crippen LogP contribution in [0.2, 0.25) is 0 Å². The number of nitrogens with zero attached hydrogens (tertiary/aromatic N) is 3. The van der Waals surface area contributed by atoms with E-state index < -0.39 is 10.0 Å². The molecule has 248 valence electrons. The zero-order chi connectivity index (χ0) is 34.8. The first kappa shape index (κ1) is 30.3. The summed E-state index contributed by atoms with van der Waals surface area (Å²) < 4.78 is 33.1. The highest BCUT2D eigenvalue weighted by Gasteiger charge is 2.38. The number of hydrogen-bond acceptors (Lipinski definition) is 3. The largest absolute Gasteiger partial charge is 0.309 e. The molecule has 0 aliphatic carbocycles. The van der Waals surface area contributed by atoms with Crippen molar-refractivity contribution in [2.45, 2.75) is 11.3 Å². The maximum atomic E-state index is 14.7. The molecule has 2 aliphatic heterocycles. The van der Waals surface area contributed by atoms with E-state index in [4.69, 9.17) is 4.99 Å². The fourth-order valence-electron chi connectivity index (χ4n) is 7.80. The van der Waals surface area contributed by atoms with Crippen LogP contribution < -0.4 is 4.31 Å². The van der Waals surface area contributed by atoms with Gasteiger partial charge >= 0.3 is 0 Å². The fourth-order valence-corrected chi connectivity index (χ4v) is 9.48. The molecule has 3 heterocycles. The van der Waals surface area contributed by atoms with Gasteiger partial charge in [0.15, 0.2) is 0 Å². The predicted octanol–water partition coefficient (Wildman–Crippen LogP) is 10.6. The second-order valence-corrected chi connectivity index (χ2v) is 14.9. The maximum absolute atomic E-state index is 14.7. The quantitative estimate of drug-likeness (QED) is 0.185. The van der Waals surface area contributed by atoms with Gasteiger partial charge in [-0.05, 0) is 77.7 Å². The van der Waals surface area contributed by atoms with Crippen LogP contribution in [0.25, 0.3) is 49.7 Å². The third-order valence-electron chi connectivity index (χ3n) is 10.2. The van der Waals surface area contributed by atoms with Gasteiger partial charge in [0.2, 0.25) is 0 Å². The number of para-hydroxylation sites is 2. The van der Waals surface area contributed by atoms with Crippen molar-refractivity contribution in [2.24, 2.45) is 4.99 Å². The van der Waals surface area contributed by atoms with Crippen molar-refractivity contribution < 1.29 is 8.42 Å². The third kappa shape index (κ3) is 4.69. The predicted molar refractivity (Wildman–Crippen MR) is 212 cm³/mol. The normalized spacial score (nSPS) is 14.6. The van der Waals surface area contributed by atoms with Crippen molar-refractivity contribution >= 4 is 43.2 Å². The van der Waals surface area contributed by atoms with Crippen LogP contribution in [0.5, 0.6) is 0 Å². The van der Waals surface area contributed by atoms with Crippen LogP contribution in [0, 0.1) is 0 Å². The van der Waals surface area contributed by atoms with Gasteiger partial charge in [0.05, 0.1) is 27.3 Å². The molecule has 2 aliphatic rings. The van der Waals surface area contributed by atoms with Crippen LogP contribution in [0.1, 0.15) is 16.7 Å². The van der Waals surface area contributed by atoms with Gasteiger partial charge in [0, 0.05) is 38.7 Å². The molecule has 1 aromatic heterocycles. The molecule has 6 heteroatoms. The van der Waals surface area contributed by atoms with Crippen LogP contribution in [0.15, 0.2) is 192 Å².